The van der Waals surface area contributed by atoms with Crippen LogP contribution in [0, 0.1) is 5.82 Å². The first-order valence-corrected chi connectivity index (χ1v) is 9.90. The number of nitrogens with zero attached hydrogens (tertiary/aromatic N) is 2. The maximum atomic E-state index is 15.7. The maximum absolute atomic E-state index is 15.7. The quantitative estimate of drug-likeness (QED) is 0.687. The van der Waals surface area contributed by atoms with Gasteiger partial charge in [0.2, 0.25) is 5.91 Å². The van der Waals surface area contributed by atoms with Crippen LogP contribution in [-0.4, -0.2) is 35.8 Å². The molecule has 1 unspecified atom stereocenters. The minimum absolute atomic E-state index is 0.0128. The smallest absolute Gasteiger partial charge is 0.246 e. The predicted molar refractivity (Wildman–Crippen MR) is 107 cm³/mol. The van der Waals surface area contributed by atoms with E-state index in [2.05, 4.69) is 4.98 Å². The second-order valence-electron chi connectivity index (χ2n) is 7.70. The molecule has 1 aromatic heterocycles. The van der Waals surface area contributed by atoms with Gasteiger partial charge in [-0.3, -0.25) is 9.78 Å². The lowest BCUT2D eigenvalue weighted by Gasteiger charge is -2.25. The third-order valence-corrected chi connectivity index (χ3v) is 6.00. The number of benzene rings is 2. The highest BCUT2D eigenvalue weighted by atomic mass is 19.1. The molecule has 156 valence electrons. The van der Waals surface area contributed by atoms with E-state index in [-0.39, 0.29) is 54.2 Å². The number of rotatable bonds is 2. The van der Waals surface area contributed by atoms with Gasteiger partial charge < -0.3 is 24.2 Å². The molecule has 1 spiro atoms. The normalized spacial score (nSPS) is 20.5. The molecule has 3 aromatic rings. The molecular formula is C23H17FN2O5. The number of anilines is 1. The molecule has 8 heteroatoms. The minimum Gasteiger partial charge on any atom is -0.506 e. The number of amides is 1. The van der Waals surface area contributed by atoms with Crippen molar-refractivity contribution in [3.63, 3.8) is 0 Å². The van der Waals surface area contributed by atoms with Gasteiger partial charge in [-0.1, -0.05) is 18.2 Å². The molecule has 0 saturated carbocycles. The van der Waals surface area contributed by atoms with Crippen molar-refractivity contribution in [2.24, 2.45) is 0 Å². The van der Waals surface area contributed by atoms with E-state index in [0.29, 0.717) is 23.6 Å². The summed E-state index contributed by atoms with van der Waals surface area (Å²) in [5.41, 5.74) is 0.805. The monoisotopic (exact) mass is 420 g/mol. The van der Waals surface area contributed by atoms with Crippen molar-refractivity contribution >= 4 is 11.6 Å². The summed E-state index contributed by atoms with van der Waals surface area (Å²) < 4.78 is 32.6. The predicted octanol–water partition coefficient (Wildman–Crippen LogP) is 2.92. The van der Waals surface area contributed by atoms with Crippen LogP contribution in [0.15, 0.2) is 48.7 Å². The van der Waals surface area contributed by atoms with Crippen LogP contribution in [0.5, 0.6) is 23.0 Å². The van der Waals surface area contributed by atoms with Crippen LogP contribution in [0.2, 0.25) is 0 Å². The number of halogens is 1. The van der Waals surface area contributed by atoms with Crippen molar-refractivity contribution in [2.75, 3.05) is 24.7 Å². The van der Waals surface area contributed by atoms with Crippen molar-refractivity contribution in [3.8, 4) is 23.0 Å². The van der Waals surface area contributed by atoms with Crippen molar-refractivity contribution in [3.05, 3.63) is 71.3 Å². The number of aromatic hydroxyl groups is 1. The molecule has 1 atom stereocenters. The van der Waals surface area contributed by atoms with Crippen LogP contribution in [0.1, 0.15) is 16.8 Å². The van der Waals surface area contributed by atoms with Crippen LogP contribution < -0.4 is 19.1 Å². The van der Waals surface area contributed by atoms with Gasteiger partial charge in [-0.15, -0.1) is 0 Å². The Morgan fingerprint density at radius 2 is 1.94 bits per heavy atom. The van der Waals surface area contributed by atoms with E-state index in [1.807, 2.05) is 24.3 Å². The van der Waals surface area contributed by atoms with Crippen LogP contribution in [0.4, 0.5) is 10.1 Å². The van der Waals surface area contributed by atoms with Gasteiger partial charge in [-0.2, -0.15) is 0 Å². The number of hydrogen-bond donors (Lipinski definition) is 1. The largest absolute Gasteiger partial charge is 0.506 e. The third-order valence-electron chi connectivity index (χ3n) is 6.00. The van der Waals surface area contributed by atoms with Crippen molar-refractivity contribution in [1.82, 2.24) is 4.98 Å². The fraction of sp³-hybridized carbons (Fsp3) is 0.217. The lowest BCUT2D eigenvalue weighted by Crippen LogP contribution is -2.43. The average molecular weight is 420 g/mol. The van der Waals surface area contributed by atoms with Gasteiger partial charge in [0.05, 0.1) is 24.0 Å². The van der Waals surface area contributed by atoms with Gasteiger partial charge in [-0.25, -0.2) is 4.39 Å². The van der Waals surface area contributed by atoms with Crippen molar-refractivity contribution < 1.29 is 28.5 Å². The van der Waals surface area contributed by atoms with Crippen LogP contribution in [0.25, 0.3) is 0 Å². The molecule has 6 rings (SSSR count). The van der Waals surface area contributed by atoms with Gasteiger partial charge in [0.1, 0.15) is 36.7 Å². The van der Waals surface area contributed by atoms with E-state index in [1.54, 1.807) is 17.0 Å². The summed E-state index contributed by atoms with van der Waals surface area (Å²) in [6.45, 7) is 0.724. The van der Waals surface area contributed by atoms with Gasteiger partial charge in [0.25, 0.3) is 0 Å². The van der Waals surface area contributed by atoms with Gasteiger partial charge >= 0.3 is 0 Å². The second-order valence-corrected chi connectivity index (χ2v) is 7.70. The zero-order valence-corrected chi connectivity index (χ0v) is 16.3. The molecule has 1 amide bonds. The number of carbonyl (C=O) groups is 1. The summed E-state index contributed by atoms with van der Waals surface area (Å²) in [5.74, 6) is -0.298. The molecule has 0 radical (unpaired) electrons. The summed E-state index contributed by atoms with van der Waals surface area (Å²) in [5, 5.41) is 9.51. The van der Waals surface area contributed by atoms with Gasteiger partial charge in [-0.05, 0) is 23.8 Å². The number of ether oxygens (including phenoxy) is 3. The number of carbonyl (C=O) groups excluding carboxylic acids is 1. The Morgan fingerprint density at radius 1 is 1.10 bits per heavy atom. The van der Waals surface area contributed by atoms with Gasteiger partial charge in [0, 0.05) is 11.8 Å². The van der Waals surface area contributed by atoms with Gasteiger partial charge in [0.15, 0.2) is 17.3 Å². The molecule has 2 aromatic carbocycles. The Labute approximate surface area is 176 Å². The molecule has 0 bridgehead atoms. The summed E-state index contributed by atoms with van der Waals surface area (Å²) in [7, 11) is 0. The van der Waals surface area contributed by atoms with E-state index in [4.69, 9.17) is 14.2 Å². The van der Waals surface area contributed by atoms with Crippen LogP contribution in [0.3, 0.4) is 0 Å². The molecule has 3 aliphatic rings. The molecule has 0 saturated heterocycles. The van der Waals surface area contributed by atoms with Crippen molar-refractivity contribution in [2.45, 2.75) is 12.0 Å². The fourth-order valence-electron chi connectivity index (χ4n) is 4.63. The molecule has 31 heavy (non-hydrogen) atoms. The highest BCUT2D eigenvalue weighted by Crippen LogP contribution is 2.56. The minimum atomic E-state index is -1.32. The molecule has 0 aliphatic carbocycles. The number of para-hydroxylation sites is 1. The Hall–Kier alpha value is -3.81. The zero-order valence-electron chi connectivity index (χ0n) is 16.3. The molecule has 7 nitrogen and oxygen atoms in total. The number of pyridine rings is 1. The molecule has 0 fully saturated rings. The maximum Gasteiger partial charge on any atom is 0.246 e. The Kier molecular flexibility index (Phi) is 3.68. The fourth-order valence-corrected chi connectivity index (χ4v) is 4.63. The van der Waals surface area contributed by atoms with E-state index >= 15 is 4.39 Å². The van der Waals surface area contributed by atoms with E-state index < -0.39 is 11.2 Å². The van der Waals surface area contributed by atoms with E-state index in [9.17, 15) is 9.90 Å². The first kappa shape index (κ1) is 18.0. The Balaban J connectivity index is 1.52. The van der Waals surface area contributed by atoms with Crippen LogP contribution >= 0.6 is 0 Å². The standard InChI is InChI=1S/C23H17FN2O5/c24-20-19-17(9-18-21(20)30-8-7-29-18)31-12-23(19)15-3-1-2-4-16(15)26(22(23)28)11-13-5-6-14(27)10-25-13/h1-6,9-10,27H,7-8,11-12H2. The first-order chi connectivity index (χ1) is 15.1. The molecule has 4 heterocycles. The molecule has 3 aliphatic heterocycles. The van der Waals surface area contributed by atoms with E-state index in [1.165, 1.54) is 12.3 Å². The zero-order chi connectivity index (χ0) is 21.2. The first-order valence-electron chi connectivity index (χ1n) is 9.90. The number of hydrogen-bond acceptors (Lipinski definition) is 6. The van der Waals surface area contributed by atoms with Crippen molar-refractivity contribution in [1.29, 1.82) is 0 Å². The molecular weight excluding hydrogens is 403 g/mol. The lowest BCUT2D eigenvalue weighted by atomic mass is 9.76. The highest BCUT2D eigenvalue weighted by molar-refractivity contribution is 6.11. The highest BCUT2D eigenvalue weighted by Gasteiger charge is 2.59. The third kappa shape index (κ3) is 2.38. The molecule has 1 N–H and O–H groups in total. The number of aromatic nitrogens is 1. The Morgan fingerprint density at radius 3 is 2.77 bits per heavy atom. The summed E-state index contributed by atoms with van der Waals surface area (Å²) in [4.78, 5) is 19.7. The SMILES string of the molecule is O=C1N(Cc2ccc(O)cn2)c2ccccc2C12COc1cc3c(c(F)c12)OCCO3. The van der Waals surface area contributed by atoms with Crippen LogP contribution in [-0.2, 0) is 16.8 Å². The summed E-state index contributed by atoms with van der Waals surface area (Å²) in [6, 6.07) is 12.1. The average Bonchev–Trinajstić information content (AvgIpc) is 3.29. The lowest BCUT2D eigenvalue weighted by molar-refractivity contribution is -0.122. The Bertz CT molecular complexity index is 1230. The van der Waals surface area contributed by atoms with E-state index in [0.717, 1.165) is 0 Å². The number of fused-ring (bicyclic) bond motifs is 5. The summed E-state index contributed by atoms with van der Waals surface area (Å²) >= 11 is 0. The second kappa shape index (κ2) is 6.34. The summed E-state index contributed by atoms with van der Waals surface area (Å²) in [6.07, 6.45) is 1.33. The topological polar surface area (TPSA) is 81.1 Å².